The van der Waals surface area contributed by atoms with Crippen molar-refractivity contribution < 1.29 is 17.6 Å². The van der Waals surface area contributed by atoms with Crippen LogP contribution < -0.4 is 10.5 Å². The van der Waals surface area contributed by atoms with Gasteiger partial charge in [-0.3, -0.25) is 9.52 Å². The molecule has 1 aromatic heterocycles. The van der Waals surface area contributed by atoms with Gasteiger partial charge in [-0.05, 0) is 31.2 Å². The van der Waals surface area contributed by atoms with Gasteiger partial charge in [0.1, 0.15) is 0 Å². The first-order chi connectivity index (χ1) is 11.9. The molecule has 0 amide bonds. The van der Waals surface area contributed by atoms with Gasteiger partial charge in [-0.15, -0.1) is 5.10 Å². The smallest absolute Gasteiger partial charge is 0.388 e. The molecule has 2 N–H and O–H groups in total. The third-order valence-corrected chi connectivity index (χ3v) is 4.79. The van der Waals surface area contributed by atoms with Gasteiger partial charge in [0.05, 0.1) is 16.1 Å². The fourth-order valence-electron chi connectivity index (χ4n) is 2.18. The maximum Gasteiger partial charge on any atom is 0.434 e. The van der Waals surface area contributed by atoms with Crippen LogP contribution in [0.5, 0.6) is 0 Å². The van der Waals surface area contributed by atoms with Gasteiger partial charge in [0, 0.05) is 5.56 Å². The zero-order valence-corrected chi connectivity index (χ0v) is 13.8. The molecule has 0 radical (unpaired) electrons. The van der Waals surface area contributed by atoms with Crippen molar-refractivity contribution in [2.24, 2.45) is 0 Å². The number of nitrogens with one attached hydrogen (secondary N) is 2. The van der Waals surface area contributed by atoms with E-state index in [1.54, 1.807) is 18.2 Å². The molecule has 0 saturated carbocycles. The maximum absolute atomic E-state index is 12.6. The van der Waals surface area contributed by atoms with Crippen molar-refractivity contribution >= 4 is 21.5 Å². The number of hydrogen-bond donors (Lipinski definition) is 2. The molecule has 3 rings (SSSR count). The number of carbonyl (C=O) groups excluding carboxylic acids is 1. The predicted octanol–water partition coefficient (Wildman–Crippen LogP) is 2.03. The Labute approximate surface area is 142 Å². The van der Waals surface area contributed by atoms with Crippen LogP contribution in [0.2, 0.25) is 0 Å². The molecular weight excluding hydrogens is 346 g/mol. The van der Waals surface area contributed by atoms with E-state index in [2.05, 4.69) is 14.9 Å². The van der Waals surface area contributed by atoms with Gasteiger partial charge in [0.25, 0.3) is 15.9 Å². The zero-order chi connectivity index (χ0) is 18.0. The van der Waals surface area contributed by atoms with Crippen LogP contribution in [0.4, 0.5) is 5.69 Å². The van der Waals surface area contributed by atoms with Crippen molar-refractivity contribution in [1.29, 1.82) is 0 Å². The number of anilines is 1. The second-order valence-corrected chi connectivity index (χ2v) is 6.83. The van der Waals surface area contributed by atoms with Crippen molar-refractivity contribution in [1.82, 2.24) is 10.2 Å². The van der Waals surface area contributed by atoms with Crippen LogP contribution in [-0.2, 0) is 10.0 Å². The summed E-state index contributed by atoms with van der Waals surface area (Å²) in [4.78, 5) is 22.4. The first kappa shape index (κ1) is 16.7. The molecule has 0 spiro atoms. The summed E-state index contributed by atoms with van der Waals surface area (Å²) in [7, 11) is -3.90. The molecule has 0 saturated heterocycles. The number of para-hydroxylation sites is 1. The third kappa shape index (κ3) is 3.50. The quantitative estimate of drug-likeness (QED) is 0.672. The van der Waals surface area contributed by atoms with Crippen LogP contribution in [0.15, 0.2) is 62.6 Å². The number of hydrogen-bond acceptors (Lipinski definition) is 6. The van der Waals surface area contributed by atoms with E-state index in [0.29, 0.717) is 11.1 Å². The van der Waals surface area contributed by atoms with Crippen molar-refractivity contribution in [3.63, 3.8) is 0 Å². The van der Waals surface area contributed by atoms with Gasteiger partial charge in [0.2, 0.25) is 0 Å². The lowest BCUT2D eigenvalue weighted by molar-refractivity contribution is 0.101. The summed E-state index contributed by atoms with van der Waals surface area (Å²) in [5, 5.41) is 5.83. The number of Topliss-reactive ketones (excluding diaryl/α,β-unsaturated/α-hetero) is 1. The van der Waals surface area contributed by atoms with Gasteiger partial charge < -0.3 is 4.42 Å². The minimum atomic E-state index is -3.90. The minimum absolute atomic E-state index is 0.00390. The van der Waals surface area contributed by atoms with Gasteiger partial charge in [-0.2, -0.15) is 0 Å². The van der Waals surface area contributed by atoms with Crippen molar-refractivity contribution in [3.05, 3.63) is 64.6 Å². The highest BCUT2D eigenvalue weighted by Crippen LogP contribution is 2.27. The zero-order valence-electron chi connectivity index (χ0n) is 13.0. The first-order valence-corrected chi connectivity index (χ1v) is 8.64. The molecular formula is C16H13N3O5S. The van der Waals surface area contributed by atoms with Gasteiger partial charge >= 0.3 is 5.76 Å². The molecule has 0 atom stereocenters. The predicted molar refractivity (Wildman–Crippen MR) is 89.8 cm³/mol. The summed E-state index contributed by atoms with van der Waals surface area (Å²) in [6.45, 7) is 1.40. The van der Waals surface area contributed by atoms with Gasteiger partial charge in [-0.1, -0.05) is 24.3 Å². The van der Waals surface area contributed by atoms with Gasteiger partial charge in [-0.25, -0.2) is 18.3 Å². The highest BCUT2D eigenvalue weighted by molar-refractivity contribution is 7.92. The molecule has 0 aliphatic heterocycles. The van der Waals surface area contributed by atoms with Crippen molar-refractivity contribution in [2.75, 3.05) is 4.72 Å². The fourth-order valence-corrected chi connectivity index (χ4v) is 3.26. The number of carbonyl (C=O) groups is 1. The van der Waals surface area contributed by atoms with E-state index < -0.39 is 15.8 Å². The largest absolute Gasteiger partial charge is 0.434 e. The van der Waals surface area contributed by atoms with E-state index >= 15 is 0 Å². The third-order valence-electron chi connectivity index (χ3n) is 3.41. The van der Waals surface area contributed by atoms with Crippen molar-refractivity contribution in [2.45, 2.75) is 11.8 Å². The maximum atomic E-state index is 12.6. The van der Waals surface area contributed by atoms with E-state index in [4.69, 9.17) is 4.42 Å². The SMILES string of the molecule is CC(=O)c1ccc(S(=O)(=O)Nc2ccccc2-c2n[nH]c(=O)o2)cc1. The second kappa shape index (κ2) is 6.36. The number of H-pyrrole nitrogens is 1. The summed E-state index contributed by atoms with van der Waals surface area (Å²) < 4.78 is 32.4. The molecule has 8 nitrogen and oxygen atoms in total. The highest BCUT2D eigenvalue weighted by Gasteiger charge is 2.18. The van der Waals surface area contributed by atoms with Crippen LogP contribution in [0.3, 0.4) is 0 Å². The summed E-state index contributed by atoms with van der Waals surface area (Å²) in [5.41, 5.74) is 0.927. The molecule has 9 heteroatoms. The molecule has 0 bridgehead atoms. The number of sulfonamides is 1. The fraction of sp³-hybridized carbons (Fsp3) is 0.0625. The average Bonchev–Trinajstić information content (AvgIpc) is 3.01. The molecule has 0 fully saturated rings. The molecule has 0 unspecified atom stereocenters. The van der Waals surface area contributed by atoms with Crippen LogP contribution in [0.25, 0.3) is 11.5 Å². The second-order valence-electron chi connectivity index (χ2n) is 5.15. The Morgan fingerprint density at radius 2 is 1.80 bits per heavy atom. The average molecular weight is 359 g/mol. The number of aromatic amines is 1. The lowest BCUT2D eigenvalue weighted by atomic mass is 10.2. The molecule has 128 valence electrons. The van der Waals surface area contributed by atoms with Crippen molar-refractivity contribution in [3.8, 4) is 11.5 Å². The molecule has 0 aliphatic rings. The lowest BCUT2D eigenvalue weighted by Crippen LogP contribution is -2.13. The normalized spacial score (nSPS) is 11.2. The molecule has 3 aromatic rings. The van der Waals surface area contributed by atoms with E-state index in [-0.39, 0.29) is 22.3 Å². The standard InChI is InChI=1S/C16H13N3O5S/c1-10(20)11-6-8-12(9-7-11)25(22,23)19-14-5-3-2-4-13(14)15-17-18-16(21)24-15/h2-9,19H,1H3,(H,18,21). The number of benzene rings is 2. The minimum Gasteiger partial charge on any atom is -0.388 e. The Bertz CT molecular complexity index is 1080. The molecule has 0 aliphatic carbocycles. The summed E-state index contributed by atoms with van der Waals surface area (Å²) >= 11 is 0. The number of aromatic nitrogens is 2. The Balaban J connectivity index is 1.96. The van der Waals surface area contributed by atoms with E-state index in [1.165, 1.54) is 37.3 Å². The topological polar surface area (TPSA) is 122 Å². The van der Waals surface area contributed by atoms with E-state index in [0.717, 1.165) is 0 Å². The van der Waals surface area contributed by atoms with Crippen LogP contribution in [-0.4, -0.2) is 24.4 Å². The number of ketones is 1. The first-order valence-electron chi connectivity index (χ1n) is 7.15. The van der Waals surface area contributed by atoms with Crippen LogP contribution in [0, 0.1) is 0 Å². The lowest BCUT2D eigenvalue weighted by Gasteiger charge is -2.11. The Hall–Kier alpha value is -3.20. The Kier molecular flexibility index (Phi) is 4.24. The summed E-state index contributed by atoms with van der Waals surface area (Å²) in [5.74, 6) is -0.932. The van der Waals surface area contributed by atoms with Crippen LogP contribution >= 0.6 is 0 Å². The van der Waals surface area contributed by atoms with E-state index in [1.807, 2.05) is 0 Å². The molecule has 1 heterocycles. The summed E-state index contributed by atoms with van der Waals surface area (Å²) in [6.07, 6.45) is 0. The number of rotatable bonds is 5. The Morgan fingerprint density at radius 1 is 1.12 bits per heavy atom. The highest BCUT2D eigenvalue weighted by atomic mass is 32.2. The molecule has 2 aromatic carbocycles. The number of nitrogens with zero attached hydrogens (tertiary/aromatic N) is 1. The monoisotopic (exact) mass is 359 g/mol. The summed E-state index contributed by atoms with van der Waals surface area (Å²) in [6, 6.07) is 11.9. The van der Waals surface area contributed by atoms with Gasteiger partial charge in [0.15, 0.2) is 5.78 Å². The van der Waals surface area contributed by atoms with E-state index in [9.17, 15) is 18.0 Å². The van der Waals surface area contributed by atoms with Crippen LogP contribution in [0.1, 0.15) is 17.3 Å². The Morgan fingerprint density at radius 3 is 2.40 bits per heavy atom. The molecule has 25 heavy (non-hydrogen) atoms.